The predicted octanol–water partition coefficient (Wildman–Crippen LogP) is 3.57. The Morgan fingerprint density at radius 1 is 1.32 bits per heavy atom. The lowest BCUT2D eigenvalue weighted by Gasteiger charge is -2.12. The monoisotopic (exact) mass is 332 g/mol. The van der Waals surface area contributed by atoms with E-state index in [0.717, 1.165) is 11.1 Å². The van der Waals surface area contributed by atoms with Crippen molar-refractivity contribution in [3.8, 4) is 5.88 Å². The lowest BCUT2D eigenvalue weighted by atomic mass is 10.2. The molecule has 0 unspecified atom stereocenters. The van der Waals surface area contributed by atoms with Crippen LogP contribution in [0.1, 0.15) is 30.3 Å². The van der Waals surface area contributed by atoms with Gasteiger partial charge in [-0.15, -0.1) is 10.2 Å². The predicted molar refractivity (Wildman–Crippen MR) is 77.2 cm³/mol. The number of hydrogen-bond donors (Lipinski definition) is 1. The summed E-state index contributed by atoms with van der Waals surface area (Å²) in [5.74, 6) is -0.135. The van der Waals surface area contributed by atoms with Crippen LogP contribution < -0.4 is 10.1 Å². The second-order valence-corrected chi connectivity index (χ2v) is 5.74. The van der Waals surface area contributed by atoms with Crippen LogP contribution >= 0.6 is 11.3 Å². The van der Waals surface area contributed by atoms with E-state index in [1.807, 2.05) is 13.8 Å². The SMILES string of the molecule is CC(C)c1nnc(NCCOc2ncccc2C(F)(F)F)s1. The molecule has 22 heavy (non-hydrogen) atoms. The molecule has 2 aromatic rings. The van der Waals surface area contributed by atoms with Gasteiger partial charge in [-0.05, 0) is 12.1 Å². The van der Waals surface area contributed by atoms with E-state index in [9.17, 15) is 13.2 Å². The van der Waals surface area contributed by atoms with Gasteiger partial charge in [0.25, 0.3) is 0 Å². The van der Waals surface area contributed by atoms with Crippen molar-refractivity contribution in [3.63, 3.8) is 0 Å². The first kappa shape index (κ1) is 16.5. The molecule has 0 saturated carbocycles. The van der Waals surface area contributed by atoms with Crippen LogP contribution in [-0.4, -0.2) is 28.3 Å². The van der Waals surface area contributed by atoms with Gasteiger partial charge in [0.2, 0.25) is 11.0 Å². The van der Waals surface area contributed by atoms with E-state index in [1.54, 1.807) is 0 Å². The molecule has 1 N–H and O–H groups in total. The van der Waals surface area contributed by atoms with Crippen LogP contribution in [0, 0.1) is 0 Å². The molecule has 120 valence electrons. The zero-order chi connectivity index (χ0) is 16.2. The average Bonchev–Trinajstić information content (AvgIpc) is 2.92. The lowest BCUT2D eigenvalue weighted by Crippen LogP contribution is -2.15. The molecule has 0 radical (unpaired) electrons. The number of halogens is 3. The summed E-state index contributed by atoms with van der Waals surface area (Å²) < 4.78 is 43.3. The van der Waals surface area contributed by atoms with E-state index in [4.69, 9.17) is 4.74 Å². The maximum Gasteiger partial charge on any atom is 0.421 e. The summed E-state index contributed by atoms with van der Waals surface area (Å²) in [6, 6.07) is 2.16. The molecule has 0 amide bonds. The summed E-state index contributed by atoms with van der Waals surface area (Å²) in [4.78, 5) is 3.62. The molecule has 5 nitrogen and oxygen atoms in total. The fourth-order valence-corrected chi connectivity index (χ4v) is 2.34. The topological polar surface area (TPSA) is 59.9 Å². The van der Waals surface area contributed by atoms with Crippen LogP contribution in [0.4, 0.5) is 18.3 Å². The Morgan fingerprint density at radius 3 is 2.73 bits per heavy atom. The number of nitrogens with zero attached hydrogens (tertiary/aromatic N) is 3. The summed E-state index contributed by atoms with van der Waals surface area (Å²) in [6.07, 6.45) is -3.22. The molecular weight excluding hydrogens is 317 g/mol. The number of pyridine rings is 1. The van der Waals surface area contributed by atoms with Crippen LogP contribution in [0.2, 0.25) is 0 Å². The van der Waals surface area contributed by atoms with E-state index in [1.165, 1.54) is 23.6 Å². The lowest BCUT2D eigenvalue weighted by molar-refractivity contribution is -0.139. The first-order valence-corrected chi connectivity index (χ1v) is 7.42. The smallest absolute Gasteiger partial charge is 0.421 e. The standard InChI is InChI=1S/C13H15F3N4OS/c1-8(2)11-19-20-12(22-11)18-6-7-21-10-9(13(14,15)16)4-3-5-17-10/h3-5,8H,6-7H2,1-2H3,(H,18,20). The Labute approximate surface area is 129 Å². The van der Waals surface area contributed by atoms with Crippen molar-refractivity contribution in [1.82, 2.24) is 15.2 Å². The Balaban J connectivity index is 1.86. The molecule has 2 heterocycles. The minimum atomic E-state index is -4.48. The molecule has 0 bridgehead atoms. The highest BCUT2D eigenvalue weighted by atomic mass is 32.1. The molecule has 0 fully saturated rings. The van der Waals surface area contributed by atoms with Gasteiger partial charge in [0, 0.05) is 12.1 Å². The number of hydrogen-bond acceptors (Lipinski definition) is 6. The molecule has 0 saturated heterocycles. The molecule has 0 spiro atoms. The van der Waals surface area contributed by atoms with E-state index in [-0.39, 0.29) is 12.5 Å². The normalized spacial score (nSPS) is 11.7. The minimum absolute atomic E-state index is 0.0384. The van der Waals surface area contributed by atoms with E-state index < -0.39 is 17.6 Å². The van der Waals surface area contributed by atoms with Gasteiger partial charge >= 0.3 is 6.18 Å². The largest absolute Gasteiger partial charge is 0.475 e. The Morgan fingerprint density at radius 2 is 2.09 bits per heavy atom. The number of rotatable bonds is 6. The van der Waals surface area contributed by atoms with Gasteiger partial charge < -0.3 is 10.1 Å². The molecule has 2 rings (SSSR count). The zero-order valence-corrected chi connectivity index (χ0v) is 12.8. The Kier molecular flexibility index (Phi) is 5.17. The number of nitrogens with one attached hydrogen (secondary N) is 1. The van der Waals surface area contributed by atoms with E-state index >= 15 is 0 Å². The summed E-state index contributed by atoms with van der Waals surface area (Å²) in [5, 5.41) is 12.4. The van der Waals surface area contributed by atoms with Crippen molar-refractivity contribution in [2.75, 3.05) is 18.5 Å². The minimum Gasteiger partial charge on any atom is -0.475 e. The maximum absolute atomic E-state index is 12.7. The third-order valence-electron chi connectivity index (χ3n) is 2.63. The van der Waals surface area contributed by atoms with Crippen molar-refractivity contribution in [2.24, 2.45) is 0 Å². The number of anilines is 1. The summed E-state index contributed by atoms with van der Waals surface area (Å²) >= 11 is 1.41. The third-order valence-corrected chi connectivity index (χ3v) is 3.81. The van der Waals surface area contributed by atoms with Gasteiger partial charge in [0.05, 0.1) is 6.54 Å². The molecule has 0 aromatic carbocycles. The van der Waals surface area contributed by atoms with Gasteiger partial charge in [-0.2, -0.15) is 13.2 Å². The molecule has 9 heteroatoms. The highest BCUT2D eigenvalue weighted by Gasteiger charge is 2.34. The molecule has 0 aliphatic heterocycles. The Bertz CT molecular complexity index is 615. The molecule has 0 aliphatic carbocycles. The van der Waals surface area contributed by atoms with Crippen molar-refractivity contribution in [3.05, 3.63) is 28.9 Å². The van der Waals surface area contributed by atoms with Crippen LogP contribution in [0.3, 0.4) is 0 Å². The summed E-state index contributed by atoms with van der Waals surface area (Å²) in [6.45, 7) is 4.36. The number of ether oxygens (including phenoxy) is 1. The Hall–Kier alpha value is -1.90. The average molecular weight is 332 g/mol. The number of aromatic nitrogens is 3. The number of alkyl halides is 3. The van der Waals surface area contributed by atoms with Crippen LogP contribution in [-0.2, 0) is 6.18 Å². The molecular formula is C13H15F3N4OS. The van der Waals surface area contributed by atoms with Gasteiger partial charge in [-0.1, -0.05) is 25.2 Å². The third kappa shape index (κ3) is 4.30. The summed E-state index contributed by atoms with van der Waals surface area (Å²) in [5.41, 5.74) is -0.881. The fraction of sp³-hybridized carbons (Fsp3) is 0.462. The molecule has 0 aliphatic rings. The van der Waals surface area contributed by atoms with Crippen LogP contribution in [0.25, 0.3) is 0 Å². The van der Waals surface area contributed by atoms with Gasteiger partial charge in [0.1, 0.15) is 17.2 Å². The highest BCUT2D eigenvalue weighted by molar-refractivity contribution is 7.15. The quantitative estimate of drug-likeness (QED) is 0.820. The van der Waals surface area contributed by atoms with E-state index in [0.29, 0.717) is 11.7 Å². The molecule has 2 aromatic heterocycles. The molecule has 0 atom stereocenters. The van der Waals surface area contributed by atoms with Gasteiger partial charge in [-0.3, -0.25) is 0 Å². The second kappa shape index (κ2) is 6.91. The second-order valence-electron chi connectivity index (χ2n) is 4.73. The first-order valence-electron chi connectivity index (χ1n) is 6.60. The van der Waals surface area contributed by atoms with Crippen LogP contribution in [0.5, 0.6) is 5.88 Å². The van der Waals surface area contributed by atoms with Gasteiger partial charge in [-0.25, -0.2) is 4.98 Å². The summed E-state index contributed by atoms with van der Waals surface area (Å²) in [7, 11) is 0. The van der Waals surface area contributed by atoms with Crippen molar-refractivity contribution < 1.29 is 17.9 Å². The van der Waals surface area contributed by atoms with Crippen molar-refractivity contribution in [2.45, 2.75) is 25.9 Å². The van der Waals surface area contributed by atoms with Crippen molar-refractivity contribution in [1.29, 1.82) is 0 Å². The fourth-order valence-electron chi connectivity index (χ4n) is 1.57. The highest BCUT2D eigenvalue weighted by Crippen LogP contribution is 2.34. The van der Waals surface area contributed by atoms with Crippen molar-refractivity contribution >= 4 is 16.5 Å². The maximum atomic E-state index is 12.7. The first-order chi connectivity index (χ1) is 10.4. The van der Waals surface area contributed by atoms with Crippen LogP contribution in [0.15, 0.2) is 18.3 Å². The zero-order valence-electron chi connectivity index (χ0n) is 12.0. The van der Waals surface area contributed by atoms with Gasteiger partial charge in [0.15, 0.2) is 0 Å². The van der Waals surface area contributed by atoms with E-state index in [2.05, 4.69) is 20.5 Å².